The van der Waals surface area contributed by atoms with Crippen LogP contribution in [0.4, 0.5) is 13.2 Å². The van der Waals surface area contributed by atoms with Gasteiger partial charge in [0.2, 0.25) is 11.8 Å². The fraction of sp³-hybridized carbons (Fsp3) is 0.467. The van der Waals surface area contributed by atoms with E-state index in [0.29, 0.717) is 24.2 Å². The molecule has 1 N–H and O–H groups in total. The number of benzene rings is 1. The van der Waals surface area contributed by atoms with Gasteiger partial charge in [-0.15, -0.1) is 0 Å². The Kier molecular flexibility index (Phi) is 4.85. The SMILES string of the molecule is Cc1cc(CCC(=O)N2CCNCC2=O)cc(C(F)(F)F)c1. The molecule has 0 aliphatic carbocycles. The van der Waals surface area contributed by atoms with Gasteiger partial charge in [0.25, 0.3) is 0 Å². The molecule has 1 aromatic rings. The lowest BCUT2D eigenvalue weighted by atomic mass is 10.0. The molecule has 2 amide bonds. The van der Waals surface area contributed by atoms with Gasteiger partial charge in [-0.05, 0) is 31.0 Å². The summed E-state index contributed by atoms with van der Waals surface area (Å²) in [4.78, 5) is 24.7. The number of hydrogen-bond donors (Lipinski definition) is 1. The molecule has 1 aromatic carbocycles. The molecular formula is C15H17F3N2O2. The molecule has 0 atom stereocenters. The van der Waals surface area contributed by atoms with Crippen LogP contribution in [0.15, 0.2) is 18.2 Å². The van der Waals surface area contributed by atoms with Crippen LogP contribution in [0.5, 0.6) is 0 Å². The monoisotopic (exact) mass is 314 g/mol. The molecule has 0 unspecified atom stereocenters. The second-order valence-electron chi connectivity index (χ2n) is 5.32. The van der Waals surface area contributed by atoms with E-state index in [2.05, 4.69) is 5.32 Å². The molecule has 22 heavy (non-hydrogen) atoms. The molecule has 4 nitrogen and oxygen atoms in total. The Morgan fingerprint density at radius 3 is 2.68 bits per heavy atom. The summed E-state index contributed by atoms with van der Waals surface area (Å²) in [7, 11) is 0. The Labute approximate surface area is 126 Å². The van der Waals surface area contributed by atoms with Gasteiger partial charge >= 0.3 is 6.18 Å². The Morgan fingerprint density at radius 1 is 1.32 bits per heavy atom. The van der Waals surface area contributed by atoms with Crippen LogP contribution in [0.3, 0.4) is 0 Å². The van der Waals surface area contributed by atoms with E-state index in [-0.39, 0.29) is 31.2 Å². The van der Waals surface area contributed by atoms with Gasteiger partial charge in [0, 0.05) is 19.5 Å². The van der Waals surface area contributed by atoms with E-state index in [1.54, 1.807) is 13.0 Å². The van der Waals surface area contributed by atoms with E-state index in [9.17, 15) is 22.8 Å². The van der Waals surface area contributed by atoms with Gasteiger partial charge in [-0.3, -0.25) is 14.5 Å². The Balaban J connectivity index is 2.03. The topological polar surface area (TPSA) is 49.4 Å². The summed E-state index contributed by atoms with van der Waals surface area (Å²) in [5.74, 6) is -0.641. The predicted molar refractivity (Wildman–Crippen MR) is 74.1 cm³/mol. The van der Waals surface area contributed by atoms with Gasteiger partial charge in [0.05, 0.1) is 12.1 Å². The largest absolute Gasteiger partial charge is 0.416 e. The molecule has 0 radical (unpaired) electrons. The maximum Gasteiger partial charge on any atom is 0.416 e. The highest BCUT2D eigenvalue weighted by molar-refractivity contribution is 5.96. The van der Waals surface area contributed by atoms with Crippen molar-refractivity contribution in [2.24, 2.45) is 0 Å². The number of amides is 2. The number of aryl methyl sites for hydroxylation is 2. The van der Waals surface area contributed by atoms with Crippen LogP contribution in [0.2, 0.25) is 0 Å². The summed E-state index contributed by atoms with van der Waals surface area (Å²) >= 11 is 0. The van der Waals surface area contributed by atoms with Crippen LogP contribution in [-0.4, -0.2) is 36.3 Å². The van der Waals surface area contributed by atoms with Crippen molar-refractivity contribution in [2.45, 2.75) is 25.9 Å². The van der Waals surface area contributed by atoms with Crippen LogP contribution in [0.25, 0.3) is 0 Å². The lowest BCUT2D eigenvalue weighted by Gasteiger charge is -2.25. The standard InChI is InChI=1S/C15H17F3N2O2/c1-10-6-11(8-12(7-10)15(16,17)18)2-3-13(21)20-5-4-19-9-14(20)22/h6-8,19H,2-5,9H2,1H3. The fourth-order valence-corrected chi connectivity index (χ4v) is 2.43. The lowest BCUT2D eigenvalue weighted by Crippen LogP contribution is -2.50. The maximum atomic E-state index is 12.8. The summed E-state index contributed by atoms with van der Waals surface area (Å²) in [5, 5.41) is 2.86. The number of nitrogens with one attached hydrogen (secondary N) is 1. The Hall–Kier alpha value is -1.89. The van der Waals surface area contributed by atoms with Crippen molar-refractivity contribution < 1.29 is 22.8 Å². The molecule has 1 aliphatic rings. The van der Waals surface area contributed by atoms with E-state index in [1.807, 2.05) is 0 Å². The van der Waals surface area contributed by atoms with Crippen molar-refractivity contribution in [2.75, 3.05) is 19.6 Å². The minimum Gasteiger partial charge on any atom is -0.307 e. The number of hydrogen-bond acceptors (Lipinski definition) is 3. The third kappa shape index (κ3) is 4.07. The first-order valence-corrected chi connectivity index (χ1v) is 6.99. The summed E-state index contributed by atoms with van der Waals surface area (Å²) < 4.78 is 38.3. The summed E-state index contributed by atoms with van der Waals surface area (Å²) in [6.45, 7) is 2.55. The number of alkyl halides is 3. The van der Waals surface area contributed by atoms with Crippen molar-refractivity contribution in [1.82, 2.24) is 10.2 Å². The first-order valence-electron chi connectivity index (χ1n) is 6.99. The molecule has 2 rings (SSSR count). The first kappa shape index (κ1) is 16.5. The van der Waals surface area contributed by atoms with Crippen molar-refractivity contribution in [1.29, 1.82) is 0 Å². The summed E-state index contributed by atoms with van der Waals surface area (Å²) in [6.07, 6.45) is -4.20. The Bertz CT molecular complexity index is 585. The third-order valence-corrected chi connectivity index (χ3v) is 3.48. The first-order chi connectivity index (χ1) is 10.3. The van der Waals surface area contributed by atoms with E-state index < -0.39 is 11.7 Å². The average Bonchev–Trinajstić information content (AvgIpc) is 2.44. The zero-order chi connectivity index (χ0) is 16.3. The van der Waals surface area contributed by atoms with E-state index >= 15 is 0 Å². The minimum atomic E-state index is -4.40. The number of nitrogens with zero attached hydrogens (tertiary/aromatic N) is 1. The molecule has 120 valence electrons. The Morgan fingerprint density at radius 2 is 2.05 bits per heavy atom. The molecule has 1 heterocycles. The smallest absolute Gasteiger partial charge is 0.307 e. The molecule has 1 fully saturated rings. The van der Waals surface area contributed by atoms with Gasteiger partial charge in [0.15, 0.2) is 0 Å². The lowest BCUT2D eigenvalue weighted by molar-refractivity contribution is -0.145. The van der Waals surface area contributed by atoms with Gasteiger partial charge in [-0.1, -0.05) is 11.6 Å². The van der Waals surface area contributed by atoms with Crippen LogP contribution in [0, 0.1) is 6.92 Å². The third-order valence-electron chi connectivity index (χ3n) is 3.48. The molecule has 0 aromatic heterocycles. The highest BCUT2D eigenvalue weighted by Gasteiger charge is 2.31. The van der Waals surface area contributed by atoms with Crippen molar-refractivity contribution in [3.8, 4) is 0 Å². The van der Waals surface area contributed by atoms with Gasteiger partial charge in [-0.2, -0.15) is 13.2 Å². The van der Waals surface area contributed by atoms with Gasteiger partial charge < -0.3 is 5.32 Å². The van der Waals surface area contributed by atoms with Crippen LogP contribution < -0.4 is 5.32 Å². The predicted octanol–water partition coefficient (Wildman–Crippen LogP) is 1.90. The van der Waals surface area contributed by atoms with E-state index in [1.165, 1.54) is 0 Å². The molecule has 0 bridgehead atoms. The fourth-order valence-electron chi connectivity index (χ4n) is 2.43. The summed E-state index contributed by atoms with van der Waals surface area (Å²) in [6, 6.07) is 3.76. The van der Waals surface area contributed by atoms with Crippen molar-refractivity contribution in [3.05, 3.63) is 34.9 Å². The quantitative estimate of drug-likeness (QED) is 0.927. The second-order valence-corrected chi connectivity index (χ2v) is 5.32. The zero-order valence-electron chi connectivity index (χ0n) is 12.2. The summed E-state index contributed by atoms with van der Waals surface area (Å²) in [5.41, 5.74) is 0.229. The average molecular weight is 314 g/mol. The van der Waals surface area contributed by atoms with Crippen LogP contribution >= 0.6 is 0 Å². The molecule has 1 saturated heterocycles. The second kappa shape index (κ2) is 6.48. The normalized spacial score (nSPS) is 16.0. The number of carbonyl (C=O) groups is 2. The van der Waals surface area contributed by atoms with Gasteiger partial charge in [-0.25, -0.2) is 0 Å². The number of halogens is 3. The highest BCUT2D eigenvalue weighted by Crippen LogP contribution is 2.30. The number of rotatable bonds is 3. The molecule has 0 saturated carbocycles. The number of piperazine rings is 1. The van der Waals surface area contributed by atoms with Crippen LogP contribution in [-0.2, 0) is 22.2 Å². The van der Waals surface area contributed by atoms with Crippen molar-refractivity contribution >= 4 is 11.8 Å². The molecule has 1 aliphatic heterocycles. The van der Waals surface area contributed by atoms with Gasteiger partial charge in [0.1, 0.15) is 0 Å². The molecule has 0 spiro atoms. The molecular weight excluding hydrogens is 297 g/mol. The zero-order valence-corrected chi connectivity index (χ0v) is 12.2. The van der Waals surface area contributed by atoms with Crippen LogP contribution in [0.1, 0.15) is 23.1 Å². The minimum absolute atomic E-state index is 0.0203. The van der Waals surface area contributed by atoms with E-state index in [4.69, 9.17) is 0 Å². The maximum absolute atomic E-state index is 12.8. The number of imide groups is 1. The molecule has 7 heteroatoms. The van der Waals surface area contributed by atoms with E-state index in [0.717, 1.165) is 17.0 Å². The number of carbonyl (C=O) groups excluding carboxylic acids is 2. The highest BCUT2D eigenvalue weighted by atomic mass is 19.4. The van der Waals surface area contributed by atoms with Crippen molar-refractivity contribution in [3.63, 3.8) is 0 Å².